The van der Waals surface area contributed by atoms with E-state index in [0.717, 1.165) is 4.90 Å². The molecule has 0 bridgehead atoms. The molecule has 106 valence electrons. The smallest absolute Gasteiger partial charge is 0.407 e. The van der Waals surface area contributed by atoms with E-state index >= 15 is 0 Å². The summed E-state index contributed by atoms with van der Waals surface area (Å²) in [5, 5.41) is 2.90. The third kappa shape index (κ3) is 2.86. The van der Waals surface area contributed by atoms with Crippen LogP contribution in [0.1, 0.15) is 6.42 Å². The second-order valence-electron chi connectivity index (χ2n) is 4.09. The first kappa shape index (κ1) is 14.6. The van der Waals surface area contributed by atoms with Crippen molar-refractivity contribution in [2.24, 2.45) is 0 Å². The SMILES string of the molecule is COC(=O)NC1CC(=O)N(c2cc(Cl)cc(Cl)c2)C1=O. The van der Waals surface area contributed by atoms with E-state index in [1.807, 2.05) is 0 Å². The molecule has 1 aromatic rings. The van der Waals surface area contributed by atoms with Crippen LogP contribution in [0.15, 0.2) is 18.2 Å². The fourth-order valence-electron chi connectivity index (χ4n) is 1.89. The van der Waals surface area contributed by atoms with Crippen molar-refractivity contribution >= 4 is 46.8 Å². The molecule has 1 heterocycles. The zero-order valence-electron chi connectivity index (χ0n) is 10.4. The Morgan fingerprint density at radius 1 is 1.30 bits per heavy atom. The normalized spacial score (nSPS) is 18.4. The molecule has 20 heavy (non-hydrogen) atoms. The van der Waals surface area contributed by atoms with Gasteiger partial charge in [-0.05, 0) is 18.2 Å². The molecule has 0 radical (unpaired) electrons. The highest BCUT2D eigenvalue weighted by atomic mass is 35.5. The number of benzene rings is 1. The highest BCUT2D eigenvalue weighted by Gasteiger charge is 2.40. The largest absolute Gasteiger partial charge is 0.453 e. The maximum absolute atomic E-state index is 12.1. The topological polar surface area (TPSA) is 75.7 Å². The number of carbonyl (C=O) groups excluding carboxylic acids is 3. The number of hydrogen-bond donors (Lipinski definition) is 1. The molecule has 2 rings (SSSR count). The summed E-state index contributed by atoms with van der Waals surface area (Å²) in [6, 6.07) is 3.43. The Morgan fingerprint density at radius 2 is 1.90 bits per heavy atom. The number of alkyl carbamates (subject to hydrolysis) is 1. The summed E-state index contributed by atoms with van der Waals surface area (Å²) in [5.41, 5.74) is 0.270. The summed E-state index contributed by atoms with van der Waals surface area (Å²) in [5.74, 6) is -1.01. The molecule has 3 amide bonds. The predicted molar refractivity (Wildman–Crippen MR) is 72.9 cm³/mol. The maximum Gasteiger partial charge on any atom is 0.407 e. The van der Waals surface area contributed by atoms with E-state index in [2.05, 4.69) is 10.1 Å². The summed E-state index contributed by atoms with van der Waals surface area (Å²) in [6.45, 7) is 0. The molecular weight excluding hydrogens is 307 g/mol. The molecule has 1 aliphatic heterocycles. The Hall–Kier alpha value is -1.79. The lowest BCUT2D eigenvalue weighted by molar-refractivity contribution is -0.121. The number of nitrogens with zero attached hydrogens (tertiary/aromatic N) is 1. The number of imide groups is 1. The van der Waals surface area contributed by atoms with Crippen molar-refractivity contribution in [3.05, 3.63) is 28.2 Å². The van der Waals surface area contributed by atoms with Crippen molar-refractivity contribution in [2.45, 2.75) is 12.5 Å². The van der Waals surface area contributed by atoms with Crippen LogP contribution in [0.3, 0.4) is 0 Å². The Labute approximate surface area is 124 Å². The van der Waals surface area contributed by atoms with Gasteiger partial charge in [0.2, 0.25) is 5.91 Å². The number of nitrogens with one attached hydrogen (secondary N) is 1. The van der Waals surface area contributed by atoms with Crippen LogP contribution in [0.25, 0.3) is 0 Å². The molecule has 0 saturated carbocycles. The van der Waals surface area contributed by atoms with E-state index < -0.39 is 23.9 Å². The van der Waals surface area contributed by atoms with Crippen molar-refractivity contribution in [3.63, 3.8) is 0 Å². The lowest BCUT2D eigenvalue weighted by Gasteiger charge is -2.15. The lowest BCUT2D eigenvalue weighted by atomic mass is 10.2. The molecule has 1 aromatic carbocycles. The fraction of sp³-hybridized carbons (Fsp3) is 0.250. The summed E-state index contributed by atoms with van der Waals surface area (Å²) in [4.78, 5) is 36.1. The van der Waals surface area contributed by atoms with Crippen molar-refractivity contribution in [1.82, 2.24) is 5.32 Å². The number of carbonyl (C=O) groups is 3. The summed E-state index contributed by atoms with van der Waals surface area (Å²) in [6.07, 6.45) is -0.917. The number of methoxy groups -OCH3 is 1. The van der Waals surface area contributed by atoms with Gasteiger partial charge < -0.3 is 10.1 Å². The molecule has 6 nitrogen and oxygen atoms in total. The van der Waals surface area contributed by atoms with Crippen LogP contribution in [-0.2, 0) is 14.3 Å². The second-order valence-corrected chi connectivity index (χ2v) is 4.96. The van der Waals surface area contributed by atoms with Gasteiger partial charge in [-0.3, -0.25) is 9.59 Å². The Bertz CT molecular complexity index is 571. The first-order valence-electron chi connectivity index (χ1n) is 5.59. The molecule has 1 unspecified atom stereocenters. The molecule has 1 fully saturated rings. The van der Waals surface area contributed by atoms with E-state index in [9.17, 15) is 14.4 Å². The van der Waals surface area contributed by atoms with Gasteiger partial charge in [-0.1, -0.05) is 23.2 Å². The third-order valence-electron chi connectivity index (χ3n) is 2.73. The summed E-state index contributed by atoms with van der Waals surface area (Å²) >= 11 is 11.7. The quantitative estimate of drug-likeness (QED) is 0.846. The van der Waals surface area contributed by atoms with E-state index in [-0.39, 0.29) is 12.1 Å². The molecule has 1 N–H and O–H groups in total. The first-order valence-corrected chi connectivity index (χ1v) is 6.35. The molecule has 8 heteroatoms. The van der Waals surface area contributed by atoms with Gasteiger partial charge in [0.1, 0.15) is 6.04 Å². The van der Waals surface area contributed by atoms with Gasteiger partial charge in [-0.2, -0.15) is 0 Å². The van der Waals surface area contributed by atoms with Gasteiger partial charge in [0.25, 0.3) is 5.91 Å². The van der Waals surface area contributed by atoms with Crippen LogP contribution in [0, 0.1) is 0 Å². The molecule has 1 saturated heterocycles. The predicted octanol–water partition coefficient (Wildman–Crippen LogP) is 1.98. The number of ether oxygens (including phenoxy) is 1. The van der Waals surface area contributed by atoms with Crippen LogP contribution in [0.4, 0.5) is 10.5 Å². The van der Waals surface area contributed by atoms with Crippen molar-refractivity contribution in [3.8, 4) is 0 Å². The zero-order chi connectivity index (χ0) is 14.9. The number of hydrogen-bond acceptors (Lipinski definition) is 4. The summed E-state index contributed by atoms with van der Waals surface area (Å²) < 4.78 is 4.40. The van der Waals surface area contributed by atoms with Crippen LogP contribution in [-0.4, -0.2) is 31.1 Å². The fourth-order valence-corrected chi connectivity index (χ4v) is 2.40. The van der Waals surface area contributed by atoms with E-state index in [4.69, 9.17) is 23.2 Å². The average Bonchev–Trinajstić information content (AvgIpc) is 2.63. The molecule has 0 spiro atoms. The standard InChI is InChI=1S/C12H10Cl2N2O4/c1-20-12(19)15-9-5-10(17)16(11(9)18)8-3-6(13)2-7(14)4-8/h2-4,9H,5H2,1H3,(H,15,19). The van der Waals surface area contributed by atoms with E-state index in [1.54, 1.807) is 0 Å². The van der Waals surface area contributed by atoms with Crippen LogP contribution >= 0.6 is 23.2 Å². The van der Waals surface area contributed by atoms with Crippen molar-refractivity contribution < 1.29 is 19.1 Å². The minimum Gasteiger partial charge on any atom is -0.453 e. The molecule has 1 atom stereocenters. The van der Waals surface area contributed by atoms with Gasteiger partial charge >= 0.3 is 6.09 Å². The highest BCUT2D eigenvalue weighted by molar-refractivity contribution is 6.35. The van der Waals surface area contributed by atoms with E-state index in [1.165, 1.54) is 25.3 Å². The molecule has 0 aromatic heterocycles. The zero-order valence-corrected chi connectivity index (χ0v) is 11.9. The van der Waals surface area contributed by atoms with Gasteiger partial charge in [-0.15, -0.1) is 0 Å². The second kappa shape index (κ2) is 5.68. The lowest BCUT2D eigenvalue weighted by Crippen LogP contribution is -2.41. The molecule has 1 aliphatic rings. The van der Waals surface area contributed by atoms with Crippen LogP contribution in [0.5, 0.6) is 0 Å². The first-order chi connectivity index (χ1) is 9.42. The van der Waals surface area contributed by atoms with Crippen molar-refractivity contribution in [1.29, 1.82) is 0 Å². The van der Waals surface area contributed by atoms with Gasteiger partial charge in [-0.25, -0.2) is 9.69 Å². The van der Waals surface area contributed by atoms with Gasteiger partial charge in [0.05, 0.1) is 19.2 Å². The molecular formula is C12H10Cl2N2O4. The minimum atomic E-state index is -0.951. The van der Waals surface area contributed by atoms with Gasteiger partial charge in [0.15, 0.2) is 0 Å². The van der Waals surface area contributed by atoms with E-state index in [0.29, 0.717) is 10.0 Å². The molecule has 0 aliphatic carbocycles. The van der Waals surface area contributed by atoms with Crippen LogP contribution < -0.4 is 10.2 Å². The van der Waals surface area contributed by atoms with Crippen molar-refractivity contribution in [2.75, 3.05) is 12.0 Å². The number of rotatable bonds is 2. The Balaban J connectivity index is 2.26. The average molecular weight is 317 g/mol. The Kier molecular flexibility index (Phi) is 4.15. The third-order valence-corrected chi connectivity index (χ3v) is 3.17. The number of anilines is 1. The minimum absolute atomic E-state index is 0.141. The van der Waals surface area contributed by atoms with Gasteiger partial charge in [0, 0.05) is 10.0 Å². The highest BCUT2D eigenvalue weighted by Crippen LogP contribution is 2.29. The monoisotopic (exact) mass is 316 g/mol. The number of amides is 3. The maximum atomic E-state index is 12.1. The number of halogens is 2. The Morgan fingerprint density at radius 3 is 2.45 bits per heavy atom. The van der Waals surface area contributed by atoms with Crippen LogP contribution in [0.2, 0.25) is 10.0 Å². The summed E-state index contributed by atoms with van der Waals surface area (Å²) in [7, 11) is 1.17.